The molecule has 0 bridgehead atoms. The number of Topliss-reactive ketones (excluding diaryl/α,β-unsaturated/α-hetero) is 1. The Kier molecular flexibility index (Phi) is 3.90. The van der Waals surface area contributed by atoms with Crippen molar-refractivity contribution in [3.8, 4) is 0 Å². The number of halogens is 1. The van der Waals surface area contributed by atoms with E-state index in [0.29, 0.717) is 12.3 Å². The van der Waals surface area contributed by atoms with E-state index >= 15 is 0 Å². The van der Waals surface area contributed by atoms with Crippen LogP contribution in [0.5, 0.6) is 0 Å². The van der Waals surface area contributed by atoms with Crippen molar-refractivity contribution in [3.63, 3.8) is 0 Å². The van der Waals surface area contributed by atoms with Crippen molar-refractivity contribution in [2.75, 3.05) is 5.88 Å². The summed E-state index contributed by atoms with van der Waals surface area (Å²) in [6.07, 6.45) is 2.12. The molecular weight excluding hydrogens is 196 g/mol. The van der Waals surface area contributed by atoms with E-state index in [1.807, 2.05) is 25.1 Å². The minimum Gasteiger partial charge on any atom is -0.294 e. The first kappa shape index (κ1) is 11.0. The number of ketones is 1. The molecule has 0 aromatic heterocycles. The summed E-state index contributed by atoms with van der Waals surface area (Å²) in [6, 6.07) is 5.73. The van der Waals surface area contributed by atoms with Gasteiger partial charge in [0.2, 0.25) is 0 Å². The van der Waals surface area contributed by atoms with Gasteiger partial charge in [-0.05, 0) is 24.1 Å². The van der Waals surface area contributed by atoms with Gasteiger partial charge in [-0.2, -0.15) is 0 Å². The van der Waals surface area contributed by atoms with Crippen LogP contribution in [-0.4, -0.2) is 11.7 Å². The molecule has 1 rings (SSSR count). The monoisotopic (exact) mass is 208 g/mol. The van der Waals surface area contributed by atoms with Gasteiger partial charge in [0.25, 0.3) is 0 Å². The summed E-state index contributed by atoms with van der Waals surface area (Å²) in [5.41, 5.74) is 2.71. The van der Waals surface area contributed by atoms with E-state index in [1.54, 1.807) is 6.08 Å². The van der Waals surface area contributed by atoms with Gasteiger partial charge in [-0.25, -0.2) is 0 Å². The molecule has 1 aromatic rings. The van der Waals surface area contributed by atoms with E-state index in [2.05, 4.69) is 6.58 Å². The fraction of sp³-hybridized carbons (Fsp3) is 0.250. The normalized spacial score (nSPS) is 9.86. The third kappa shape index (κ3) is 2.46. The zero-order valence-corrected chi connectivity index (χ0v) is 8.97. The molecule has 0 radical (unpaired) electrons. The number of aryl methyl sites for hydroxylation is 1. The molecule has 0 unspecified atom stereocenters. The fourth-order valence-electron chi connectivity index (χ4n) is 1.29. The highest BCUT2D eigenvalue weighted by Crippen LogP contribution is 2.14. The molecule has 0 heterocycles. The minimum absolute atomic E-state index is 0.0983. The van der Waals surface area contributed by atoms with E-state index < -0.39 is 0 Å². The molecule has 74 valence electrons. The van der Waals surface area contributed by atoms with Gasteiger partial charge in [0.15, 0.2) is 5.78 Å². The van der Waals surface area contributed by atoms with Gasteiger partial charge in [-0.1, -0.05) is 24.8 Å². The molecule has 0 spiro atoms. The van der Waals surface area contributed by atoms with Crippen LogP contribution in [0.15, 0.2) is 24.8 Å². The van der Waals surface area contributed by atoms with Gasteiger partial charge in [-0.3, -0.25) is 4.79 Å². The van der Waals surface area contributed by atoms with Gasteiger partial charge < -0.3 is 0 Å². The molecule has 0 aliphatic carbocycles. The van der Waals surface area contributed by atoms with Crippen molar-refractivity contribution in [1.82, 2.24) is 0 Å². The fourth-order valence-corrected chi connectivity index (χ4v) is 1.46. The third-order valence-electron chi connectivity index (χ3n) is 2.12. The maximum Gasteiger partial charge on any atom is 0.164 e. The molecule has 0 atom stereocenters. The number of rotatable bonds is 4. The van der Waals surface area contributed by atoms with E-state index in [-0.39, 0.29) is 5.78 Å². The number of hydrogen-bond donors (Lipinski definition) is 0. The second-order valence-corrected chi connectivity index (χ2v) is 3.52. The summed E-state index contributed by atoms with van der Waals surface area (Å²) in [6.45, 7) is 5.59. The molecule has 0 amide bonds. The zero-order valence-electron chi connectivity index (χ0n) is 8.22. The summed E-state index contributed by atoms with van der Waals surface area (Å²) in [4.78, 5) is 11.6. The highest BCUT2D eigenvalue weighted by molar-refractivity contribution is 6.19. The SMILES string of the molecule is C=Cc1ccc(C)c(C(=O)CCCl)c1. The lowest BCUT2D eigenvalue weighted by molar-refractivity contribution is 0.0988. The topological polar surface area (TPSA) is 17.1 Å². The number of carbonyl (C=O) groups excluding carboxylic acids is 1. The van der Waals surface area contributed by atoms with Crippen LogP contribution in [0.3, 0.4) is 0 Å². The first-order chi connectivity index (χ1) is 6.69. The van der Waals surface area contributed by atoms with Crippen molar-refractivity contribution in [2.24, 2.45) is 0 Å². The van der Waals surface area contributed by atoms with Crippen LogP contribution >= 0.6 is 11.6 Å². The predicted octanol–water partition coefficient (Wildman–Crippen LogP) is 3.45. The summed E-state index contributed by atoms with van der Waals surface area (Å²) >= 11 is 5.53. The third-order valence-corrected chi connectivity index (χ3v) is 2.31. The summed E-state index contributed by atoms with van der Waals surface area (Å²) in [7, 11) is 0. The van der Waals surface area contributed by atoms with Crippen molar-refractivity contribution >= 4 is 23.5 Å². The lowest BCUT2D eigenvalue weighted by Crippen LogP contribution is -2.02. The Morgan fingerprint density at radius 3 is 2.86 bits per heavy atom. The Morgan fingerprint density at radius 1 is 1.57 bits per heavy atom. The Labute approximate surface area is 89.4 Å². The number of alkyl halides is 1. The molecule has 0 aliphatic heterocycles. The molecule has 2 heteroatoms. The molecule has 1 aromatic carbocycles. The van der Waals surface area contributed by atoms with Crippen LogP contribution in [0.25, 0.3) is 6.08 Å². The molecule has 1 nitrogen and oxygen atoms in total. The lowest BCUT2D eigenvalue weighted by atomic mass is 10.0. The zero-order chi connectivity index (χ0) is 10.6. The van der Waals surface area contributed by atoms with Crippen molar-refractivity contribution in [3.05, 3.63) is 41.5 Å². The average molecular weight is 209 g/mol. The number of carbonyl (C=O) groups is 1. The molecule has 14 heavy (non-hydrogen) atoms. The highest BCUT2D eigenvalue weighted by Gasteiger charge is 2.08. The summed E-state index contributed by atoms with van der Waals surface area (Å²) in [5.74, 6) is 0.470. The Balaban J connectivity index is 3.05. The molecular formula is C12H13ClO. The van der Waals surface area contributed by atoms with Crippen molar-refractivity contribution < 1.29 is 4.79 Å². The predicted molar refractivity (Wildman–Crippen MR) is 60.9 cm³/mol. The quantitative estimate of drug-likeness (QED) is 0.547. The average Bonchev–Trinajstić information content (AvgIpc) is 2.19. The van der Waals surface area contributed by atoms with Gasteiger partial charge in [0.1, 0.15) is 0 Å². The van der Waals surface area contributed by atoms with Crippen LogP contribution in [0.1, 0.15) is 27.9 Å². The van der Waals surface area contributed by atoms with E-state index in [1.165, 1.54) is 0 Å². The van der Waals surface area contributed by atoms with Gasteiger partial charge in [-0.15, -0.1) is 11.6 Å². The molecule has 0 aliphatic rings. The molecule has 0 saturated carbocycles. The van der Waals surface area contributed by atoms with Gasteiger partial charge in [0, 0.05) is 17.9 Å². The van der Waals surface area contributed by atoms with E-state index in [4.69, 9.17) is 11.6 Å². The maximum atomic E-state index is 11.6. The molecule has 0 N–H and O–H groups in total. The highest BCUT2D eigenvalue weighted by atomic mass is 35.5. The van der Waals surface area contributed by atoms with Crippen molar-refractivity contribution in [1.29, 1.82) is 0 Å². The Hall–Kier alpha value is -1.08. The first-order valence-corrected chi connectivity index (χ1v) is 5.04. The standard InChI is InChI=1S/C12H13ClO/c1-3-10-5-4-9(2)11(8-10)12(14)6-7-13/h3-5,8H,1,6-7H2,2H3. The van der Waals surface area contributed by atoms with Crippen LogP contribution in [0.4, 0.5) is 0 Å². The lowest BCUT2D eigenvalue weighted by Gasteiger charge is -2.04. The summed E-state index contributed by atoms with van der Waals surface area (Å²) < 4.78 is 0. The van der Waals surface area contributed by atoms with Crippen LogP contribution in [-0.2, 0) is 0 Å². The molecule has 0 fully saturated rings. The Morgan fingerprint density at radius 2 is 2.29 bits per heavy atom. The van der Waals surface area contributed by atoms with Crippen LogP contribution in [0, 0.1) is 6.92 Å². The Bertz CT molecular complexity index is 355. The minimum atomic E-state index is 0.0983. The second-order valence-electron chi connectivity index (χ2n) is 3.14. The van der Waals surface area contributed by atoms with E-state index in [0.717, 1.165) is 16.7 Å². The summed E-state index contributed by atoms with van der Waals surface area (Å²) in [5, 5.41) is 0. The van der Waals surface area contributed by atoms with Gasteiger partial charge >= 0.3 is 0 Å². The van der Waals surface area contributed by atoms with Crippen molar-refractivity contribution in [2.45, 2.75) is 13.3 Å². The number of benzene rings is 1. The smallest absolute Gasteiger partial charge is 0.164 e. The maximum absolute atomic E-state index is 11.6. The molecule has 0 saturated heterocycles. The van der Waals surface area contributed by atoms with E-state index in [9.17, 15) is 4.79 Å². The van der Waals surface area contributed by atoms with Crippen LogP contribution in [0.2, 0.25) is 0 Å². The largest absolute Gasteiger partial charge is 0.294 e. The second kappa shape index (κ2) is 4.97. The first-order valence-electron chi connectivity index (χ1n) is 4.51. The van der Waals surface area contributed by atoms with Crippen LogP contribution < -0.4 is 0 Å². The van der Waals surface area contributed by atoms with Gasteiger partial charge in [0.05, 0.1) is 0 Å². The number of hydrogen-bond acceptors (Lipinski definition) is 1.